The number of amides is 1. The first-order valence-electron chi connectivity index (χ1n) is 11.5. The first-order valence-corrected chi connectivity index (χ1v) is 11.5. The third-order valence-electron chi connectivity index (χ3n) is 6.24. The molecule has 2 aliphatic heterocycles. The van der Waals surface area contributed by atoms with Crippen molar-refractivity contribution in [2.45, 2.75) is 45.3 Å². The van der Waals surface area contributed by atoms with E-state index in [0.717, 1.165) is 62.2 Å². The van der Waals surface area contributed by atoms with Crippen LogP contribution in [0.5, 0.6) is 11.5 Å². The van der Waals surface area contributed by atoms with E-state index in [1.165, 1.54) is 11.1 Å². The molecule has 2 aliphatic rings. The van der Waals surface area contributed by atoms with Crippen LogP contribution in [-0.4, -0.2) is 45.5 Å². The van der Waals surface area contributed by atoms with E-state index in [1.807, 2.05) is 43.3 Å². The van der Waals surface area contributed by atoms with Crippen molar-refractivity contribution >= 4 is 5.91 Å². The lowest BCUT2D eigenvalue weighted by Gasteiger charge is -2.20. The minimum atomic E-state index is -0.185. The van der Waals surface area contributed by atoms with Gasteiger partial charge in [0.2, 0.25) is 12.7 Å². The molecule has 1 amide bonds. The Hall–Kier alpha value is -3.39. The highest BCUT2D eigenvalue weighted by Gasteiger charge is 2.23. The summed E-state index contributed by atoms with van der Waals surface area (Å²) in [5.74, 6) is 3.46. The van der Waals surface area contributed by atoms with Crippen molar-refractivity contribution in [3.63, 3.8) is 0 Å². The lowest BCUT2D eigenvalue weighted by atomic mass is 10.1. The van der Waals surface area contributed by atoms with Crippen LogP contribution in [0.25, 0.3) is 0 Å². The molecule has 8 nitrogen and oxygen atoms in total. The summed E-state index contributed by atoms with van der Waals surface area (Å²) in [7, 11) is 0. The maximum atomic E-state index is 12.5. The van der Waals surface area contributed by atoms with Crippen molar-refractivity contribution in [2.24, 2.45) is 0 Å². The quantitative estimate of drug-likeness (QED) is 0.600. The Morgan fingerprint density at radius 3 is 2.76 bits per heavy atom. The Balaban J connectivity index is 1.17. The minimum absolute atomic E-state index is 0.0294. The van der Waals surface area contributed by atoms with E-state index in [9.17, 15) is 4.79 Å². The highest BCUT2D eigenvalue weighted by Crippen LogP contribution is 2.33. The van der Waals surface area contributed by atoms with Crippen molar-refractivity contribution in [3.05, 3.63) is 71.3 Å². The SMILES string of the molecule is C[C@@H](NC(=O)CCc1ccccc1)c1nnc2n1CCN(Cc1ccc3c(c1)OCO3)CC2. The van der Waals surface area contributed by atoms with Gasteiger partial charge in [-0.2, -0.15) is 0 Å². The number of carbonyl (C=O) groups excluding carboxylic acids is 1. The second-order valence-corrected chi connectivity index (χ2v) is 8.61. The lowest BCUT2D eigenvalue weighted by Crippen LogP contribution is -2.30. The van der Waals surface area contributed by atoms with Crippen LogP contribution in [0.1, 0.15) is 42.2 Å². The zero-order chi connectivity index (χ0) is 22.6. The number of rotatable bonds is 7. The van der Waals surface area contributed by atoms with Gasteiger partial charge in [-0.3, -0.25) is 9.69 Å². The molecule has 172 valence electrons. The largest absolute Gasteiger partial charge is 0.454 e. The number of nitrogens with one attached hydrogen (secondary N) is 1. The summed E-state index contributed by atoms with van der Waals surface area (Å²) in [6.45, 7) is 5.71. The molecule has 1 N–H and O–H groups in total. The molecule has 2 aromatic carbocycles. The van der Waals surface area contributed by atoms with Crippen LogP contribution in [0.15, 0.2) is 48.5 Å². The molecule has 0 aliphatic carbocycles. The number of ether oxygens (including phenoxy) is 2. The number of nitrogens with zero attached hydrogens (tertiary/aromatic N) is 4. The highest BCUT2D eigenvalue weighted by atomic mass is 16.7. The van der Waals surface area contributed by atoms with E-state index in [0.29, 0.717) is 13.2 Å². The van der Waals surface area contributed by atoms with Gasteiger partial charge in [-0.15, -0.1) is 10.2 Å². The second-order valence-electron chi connectivity index (χ2n) is 8.61. The first-order chi connectivity index (χ1) is 16.2. The van der Waals surface area contributed by atoms with Crippen molar-refractivity contribution in [1.82, 2.24) is 25.0 Å². The normalized spacial score (nSPS) is 16.2. The molecule has 0 unspecified atom stereocenters. The van der Waals surface area contributed by atoms with E-state index >= 15 is 0 Å². The van der Waals surface area contributed by atoms with Crippen LogP contribution < -0.4 is 14.8 Å². The van der Waals surface area contributed by atoms with Gasteiger partial charge in [-0.25, -0.2) is 0 Å². The average Bonchev–Trinajstić information content (AvgIpc) is 3.42. The van der Waals surface area contributed by atoms with E-state index < -0.39 is 0 Å². The van der Waals surface area contributed by atoms with Gasteiger partial charge in [0.15, 0.2) is 17.3 Å². The maximum Gasteiger partial charge on any atom is 0.231 e. The Labute approximate surface area is 193 Å². The van der Waals surface area contributed by atoms with Crippen LogP contribution >= 0.6 is 0 Å². The number of hydrogen-bond donors (Lipinski definition) is 1. The molecule has 1 aromatic heterocycles. The Morgan fingerprint density at radius 1 is 1.03 bits per heavy atom. The van der Waals surface area contributed by atoms with Crippen LogP contribution in [0.3, 0.4) is 0 Å². The van der Waals surface area contributed by atoms with Crippen LogP contribution in [0.2, 0.25) is 0 Å². The van der Waals surface area contributed by atoms with Gasteiger partial charge in [0.25, 0.3) is 0 Å². The third kappa shape index (κ3) is 5.01. The smallest absolute Gasteiger partial charge is 0.231 e. The van der Waals surface area contributed by atoms with E-state index in [4.69, 9.17) is 9.47 Å². The molecule has 0 spiro atoms. The van der Waals surface area contributed by atoms with Crippen molar-refractivity contribution in [1.29, 1.82) is 0 Å². The molecule has 0 fully saturated rings. The molecule has 3 heterocycles. The topological polar surface area (TPSA) is 81.5 Å². The summed E-state index contributed by atoms with van der Waals surface area (Å²) in [6.07, 6.45) is 2.01. The Morgan fingerprint density at radius 2 is 1.88 bits per heavy atom. The van der Waals surface area contributed by atoms with Crippen molar-refractivity contribution in [2.75, 3.05) is 19.9 Å². The fraction of sp³-hybridized carbons (Fsp3) is 0.400. The van der Waals surface area contributed by atoms with Gasteiger partial charge in [-0.1, -0.05) is 36.4 Å². The predicted molar refractivity (Wildman–Crippen MR) is 123 cm³/mol. The number of benzene rings is 2. The molecule has 1 atom stereocenters. The van der Waals surface area contributed by atoms with Gasteiger partial charge in [0, 0.05) is 39.0 Å². The monoisotopic (exact) mass is 447 g/mol. The average molecular weight is 448 g/mol. The number of carbonyl (C=O) groups is 1. The molecule has 0 bridgehead atoms. The van der Waals surface area contributed by atoms with Crippen molar-refractivity contribution < 1.29 is 14.3 Å². The first kappa shape index (κ1) is 21.5. The van der Waals surface area contributed by atoms with E-state index in [1.54, 1.807) is 0 Å². The molecule has 3 aromatic rings. The van der Waals surface area contributed by atoms with Gasteiger partial charge < -0.3 is 19.4 Å². The standard InChI is InChI=1S/C25H29N5O3/c1-18(26-24(31)10-8-19-5-3-2-4-6-19)25-28-27-23-11-12-29(13-14-30(23)25)16-20-7-9-21-22(15-20)33-17-32-21/h2-7,9,15,18H,8,10-14,16-17H2,1H3,(H,26,31)/t18-/m1/s1. The summed E-state index contributed by atoms with van der Waals surface area (Å²) >= 11 is 0. The molecule has 5 rings (SSSR count). The third-order valence-corrected chi connectivity index (χ3v) is 6.24. The maximum absolute atomic E-state index is 12.5. The Kier molecular flexibility index (Phi) is 6.26. The van der Waals surface area contributed by atoms with Gasteiger partial charge in [0.1, 0.15) is 5.82 Å². The van der Waals surface area contributed by atoms with Crippen LogP contribution in [0, 0.1) is 0 Å². The fourth-order valence-corrected chi connectivity index (χ4v) is 4.45. The Bertz CT molecular complexity index is 1110. The van der Waals surface area contributed by atoms with Gasteiger partial charge >= 0.3 is 0 Å². The number of aromatic nitrogens is 3. The molecule has 0 saturated heterocycles. The molecule has 8 heteroatoms. The second kappa shape index (κ2) is 9.62. The fourth-order valence-electron chi connectivity index (χ4n) is 4.45. The summed E-state index contributed by atoms with van der Waals surface area (Å²) in [5.41, 5.74) is 2.37. The van der Waals surface area contributed by atoms with Gasteiger partial charge in [0.05, 0.1) is 6.04 Å². The molecule has 0 saturated carbocycles. The van der Waals surface area contributed by atoms with Gasteiger partial charge in [-0.05, 0) is 36.6 Å². The van der Waals surface area contributed by atoms with E-state index in [2.05, 4.69) is 37.1 Å². The van der Waals surface area contributed by atoms with Crippen LogP contribution in [-0.2, 0) is 30.7 Å². The number of aryl methyl sites for hydroxylation is 1. The number of hydrogen-bond acceptors (Lipinski definition) is 6. The zero-order valence-electron chi connectivity index (χ0n) is 18.9. The summed E-state index contributed by atoms with van der Waals surface area (Å²) in [5, 5.41) is 11.9. The zero-order valence-corrected chi connectivity index (χ0v) is 18.9. The lowest BCUT2D eigenvalue weighted by molar-refractivity contribution is -0.121. The minimum Gasteiger partial charge on any atom is -0.454 e. The summed E-state index contributed by atoms with van der Waals surface area (Å²) in [4.78, 5) is 14.9. The molecule has 33 heavy (non-hydrogen) atoms. The molecule has 0 radical (unpaired) electrons. The molecular formula is C25H29N5O3. The summed E-state index contributed by atoms with van der Waals surface area (Å²) < 4.78 is 13.1. The predicted octanol–water partition coefficient (Wildman–Crippen LogP) is 2.88. The number of fused-ring (bicyclic) bond motifs is 2. The highest BCUT2D eigenvalue weighted by molar-refractivity contribution is 5.76. The van der Waals surface area contributed by atoms with Crippen LogP contribution in [0.4, 0.5) is 0 Å². The molecular weight excluding hydrogens is 418 g/mol. The van der Waals surface area contributed by atoms with Crippen molar-refractivity contribution in [3.8, 4) is 11.5 Å². The van der Waals surface area contributed by atoms with E-state index in [-0.39, 0.29) is 11.9 Å². The summed E-state index contributed by atoms with van der Waals surface area (Å²) in [6, 6.07) is 16.0.